The highest BCUT2D eigenvalue weighted by Crippen LogP contribution is 2.54. The van der Waals surface area contributed by atoms with E-state index in [-0.39, 0.29) is 38.4 Å². The summed E-state index contributed by atoms with van der Waals surface area (Å²) in [4.78, 5) is 69.5. The van der Waals surface area contributed by atoms with Gasteiger partial charge in [-0.15, -0.1) is 0 Å². The normalized spacial score (nSPS) is 17.2. The molecule has 0 aliphatic carbocycles. The van der Waals surface area contributed by atoms with Gasteiger partial charge in [-0.1, -0.05) is 54.6 Å². The summed E-state index contributed by atoms with van der Waals surface area (Å²) in [7, 11) is -0.539. The number of nitrogens with zero attached hydrogens (tertiary/aromatic N) is 1. The van der Waals surface area contributed by atoms with E-state index < -0.39 is 91.7 Å². The molecular formula is C48H61N2O17P. The van der Waals surface area contributed by atoms with Gasteiger partial charge in [0.1, 0.15) is 42.1 Å². The molecule has 1 aliphatic heterocycles. The van der Waals surface area contributed by atoms with Crippen molar-refractivity contribution >= 4 is 25.7 Å². The van der Waals surface area contributed by atoms with E-state index in [2.05, 4.69) is 4.98 Å². The summed E-state index contributed by atoms with van der Waals surface area (Å²) in [6.45, 7) is 6.36. The van der Waals surface area contributed by atoms with Crippen LogP contribution in [0.2, 0.25) is 0 Å². The second kappa shape index (κ2) is 23.6. The first kappa shape index (κ1) is 53.3. The van der Waals surface area contributed by atoms with E-state index in [0.717, 1.165) is 4.57 Å². The van der Waals surface area contributed by atoms with E-state index in [0.29, 0.717) is 28.2 Å². The highest BCUT2D eigenvalue weighted by molar-refractivity contribution is 7.48. The van der Waals surface area contributed by atoms with Crippen molar-refractivity contribution in [3.8, 4) is 11.5 Å². The Morgan fingerprint density at radius 2 is 1.31 bits per heavy atom. The van der Waals surface area contributed by atoms with Gasteiger partial charge in [-0.3, -0.25) is 42.3 Å². The molecule has 68 heavy (non-hydrogen) atoms. The van der Waals surface area contributed by atoms with E-state index in [1.165, 1.54) is 34.4 Å². The average Bonchev–Trinajstić information content (AvgIpc) is 3.72. The number of esters is 3. The van der Waals surface area contributed by atoms with Crippen LogP contribution in [0.15, 0.2) is 94.6 Å². The fourth-order valence-electron chi connectivity index (χ4n) is 7.20. The number of carbonyl (C=O) groups is 3. The van der Waals surface area contributed by atoms with Gasteiger partial charge in [0.25, 0.3) is 5.56 Å². The molecular weight excluding hydrogens is 907 g/mol. The summed E-state index contributed by atoms with van der Waals surface area (Å²) in [5.74, 6) is -1.79. The van der Waals surface area contributed by atoms with E-state index in [9.17, 15) is 24.0 Å². The van der Waals surface area contributed by atoms with Crippen LogP contribution in [0, 0.1) is 17.8 Å². The number of aryl methyl sites for hydroxylation is 1. The number of phosphoric acid groups is 1. The van der Waals surface area contributed by atoms with Crippen LogP contribution in [0.3, 0.4) is 0 Å². The van der Waals surface area contributed by atoms with Crippen LogP contribution in [0.5, 0.6) is 11.5 Å². The summed E-state index contributed by atoms with van der Waals surface area (Å²) in [6, 6.07) is 23.2. The topological polar surface area (TPSA) is 225 Å². The molecule has 0 radical (unpaired) electrons. The van der Waals surface area contributed by atoms with Gasteiger partial charge in [0.05, 0.1) is 59.3 Å². The Hall–Kier alpha value is -5.66. The molecule has 19 nitrogen and oxygen atoms in total. The van der Waals surface area contributed by atoms with Crippen molar-refractivity contribution in [2.75, 3.05) is 67.6 Å². The standard InChI is InChI=1S/C48H61N2O17P/c1-10-60-43(53)47(44(54)61-11-2,30-63-48(33-15-13-12-14-16-33,34-17-21-36(58-8)22-18-34)35-19-23-37(59-9)24-20-35)31-65-68(56,64-26-25-57-7)67-38-27-40(50-28-32(3)41(51)49-45(50)55)66-39(38)29-62-42(52)46(4,5)6/h12-24,28,38-40H,10-11,25-27,29-31H2,1-9H3,(H,49,51,55)/t38-,39+,40+,68?/m0/s1. The Labute approximate surface area is 394 Å². The Morgan fingerprint density at radius 1 is 0.750 bits per heavy atom. The number of benzene rings is 3. The maximum absolute atomic E-state index is 15.1. The van der Waals surface area contributed by atoms with E-state index in [1.807, 2.05) is 30.3 Å². The lowest BCUT2D eigenvalue weighted by Gasteiger charge is -2.39. The van der Waals surface area contributed by atoms with Gasteiger partial charge >= 0.3 is 31.4 Å². The van der Waals surface area contributed by atoms with Crippen LogP contribution in [0.1, 0.15) is 69.5 Å². The predicted molar refractivity (Wildman–Crippen MR) is 245 cm³/mol. The second-order valence-electron chi connectivity index (χ2n) is 16.7. The lowest BCUT2D eigenvalue weighted by atomic mass is 9.79. The molecule has 0 amide bonds. The van der Waals surface area contributed by atoms with Gasteiger partial charge in [-0.05, 0) is 82.5 Å². The Morgan fingerprint density at radius 3 is 1.82 bits per heavy atom. The lowest BCUT2D eigenvalue weighted by Crippen LogP contribution is -2.51. The number of phosphoric ester groups is 1. The monoisotopic (exact) mass is 968 g/mol. The molecule has 4 aromatic rings. The molecule has 1 saturated heterocycles. The minimum Gasteiger partial charge on any atom is -0.497 e. The number of hydrogen-bond acceptors (Lipinski definition) is 17. The van der Waals surface area contributed by atoms with Crippen molar-refractivity contribution in [2.45, 2.75) is 72.0 Å². The molecule has 0 bridgehead atoms. The van der Waals surface area contributed by atoms with E-state index in [1.54, 1.807) is 83.1 Å². The smallest absolute Gasteiger partial charge is 0.475 e. The first-order chi connectivity index (χ1) is 32.4. The fourth-order valence-corrected chi connectivity index (χ4v) is 8.62. The van der Waals surface area contributed by atoms with Gasteiger partial charge in [0, 0.05) is 25.3 Å². The van der Waals surface area contributed by atoms with Gasteiger partial charge in [-0.2, -0.15) is 0 Å². The Balaban J connectivity index is 1.62. The summed E-state index contributed by atoms with van der Waals surface area (Å²) in [5, 5.41) is 0. The fraction of sp³-hybridized carbons (Fsp3) is 0.479. The summed E-state index contributed by atoms with van der Waals surface area (Å²) in [6.07, 6.45) is -2.55. The second-order valence-corrected chi connectivity index (χ2v) is 18.3. The number of hydrogen-bond donors (Lipinski definition) is 1. The molecule has 1 unspecified atom stereocenters. The summed E-state index contributed by atoms with van der Waals surface area (Å²) >= 11 is 0. The van der Waals surface area contributed by atoms with Crippen molar-refractivity contribution in [3.05, 3.63) is 128 Å². The molecule has 1 fully saturated rings. The summed E-state index contributed by atoms with van der Waals surface area (Å²) in [5.41, 5.74) is -4.55. The van der Waals surface area contributed by atoms with E-state index >= 15 is 4.57 Å². The summed E-state index contributed by atoms with van der Waals surface area (Å²) < 4.78 is 80.3. The lowest BCUT2D eigenvalue weighted by molar-refractivity contribution is -0.183. The quantitative estimate of drug-likeness (QED) is 0.0211. The minimum absolute atomic E-state index is 0.105. The third kappa shape index (κ3) is 12.5. The molecule has 2 heterocycles. The first-order valence-electron chi connectivity index (χ1n) is 21.9. The Bertz CT molecular complexity index is 2400. The molecule has 1 aromatic heterocycles. The number of methoxy groups -OCH3 is 3. The minimum atomic E-state index is -4.98. The van der Waals surface area contributed by atoms with Crippen LogP contribution in [0.25, 0.3) is 0 Å². The van der Waals surface area contributed by atoms with Crippen LogP contribution in [0.4, 0.5) is 0 Å². The zero-order chi connectivity index (χ0) is 49.7. The number of aromatic nitrogens is 2. The van der Waals surface area contributed by atoms with Gasteiger partial charge in [0.2, 0.25) is 5.41 Å². The number of carbonyl (C=O) groups excluding carboxylic acids is 3. The first-order valence-corrected chi connectivity index (χ1v) is 23.4. The van der Waals surface area contributed by atoms with Crippen molar-refractivity contribution in [1.29, 1.82) is 0 Å². The largest absolute Gasteiger partial charge is 0.497 e. The molecule has 4 atom stereocenters. The number of rotatable bonds is 24. The zero-order valence-electron chi connectivity index (χ0n) is 39.8. The highest BCUT2D eigenvalue weighted by atomic mass is 31.2. The SMILES string of the molecule is CCOC(=O)C(COC(c1ccccc1)(c1ccc(OC)cc1)c1ccc(OC)cc1)(COP(=O)(OCCOC)O[C@H]1C[C@H](n2cc(C)c(=O)[nH]c2=O)O[C@@H]1COC(=O)C(C)(C)C)C(=O)OCC. The predicted octanol–water partition coefficient (Wildman–Crippen LogP) is 6.03. The van der Waals surface area contributed by atoms with Gasteiger partial charge in [-0.25, -0.2) is 9.36 Å². The third-order valence-corrected chi connectivity index (χ3v) is 12.4. The maximum Gasteiger partial charge on any atom is 0.475 e. The molecule has 0 saturated carbocycles. The van der Waals surface area contributed by atoms with E-state index in [4.69, 9.17) is 51.5 Å². The Kier molecular flexibility index (Phi) is 18.5. The number of aromatic amines is 1. The number of ether oxygens (including phenoxy) is 8. The van der Waals surface area contributed by atoms with Gasteiger partial charge in [0.15, 0.2) is 0 Å². The molecule has 5 rings (SSSR count). The van der Waals surface area contributed by atoms with Crippen LogP contribution in [-0.2, 0) is 66.5 Å². The zero-order valence-corrected chi connectivity index (χ0v) is 40.7. The molecule has 20 heteroatoms. The average molecular weight is 969 g/mol. The molecule has 0 spiro atoms. The highest BCUT2D eigenvalue weighted by Gasteiger charge is 2.55. The molecule has 1 N–H and O–H groups in total. The molecule has 370 valence electrons. The van der Waals surface area contributed by atoms with Crippen molar-refractivity contribution in [2.24, 2.45) is 10.8 Å². The third-order valence-electron chi connectivity index (χ3n) is 10.9. The van der Waals surface area contributed by atoms with Crippen LogP contribution >= 0.6 is 7.82 Å². The van der Waals surface area contributed by atoms with Crippen LogP contribution in [-0.4, -0.2) is 107 Å². The molecule has 1 aliphatic rings. The van der Waals surface area contributed by atoms with Crippen molar-refractivity contribution < 1.29 is 70.4 Å². The number of nitrogens with one attached hydrogen (secondary N) is 1. The van der Waals surface area contributed by atoms with Crippen molar-refractivity contribution in [3.63, 3.8) is 0 Å². The maximum atomic E-state index is 15.1. The molecule has 3 aromatic carbocycles. The number of H-pyrrole nitrogens is 1. The van der Waals surface area contributed by atoms with Crippen LogP contribution < -0.4 is 20.7 Å². The van der Waals surface area contributed by atoms with Crippen molar-refractivity contribution in [1.82, 2.24) is 9.55 Å². The van der Waals surface area contributed by atoms with Gasteiger partial charge < -0.3 is 37.9 Å².